The summed E-state index contributed by atoms with van der Waals surface area (Å²) in [5.41, 5.74) is 1.80. The van der Waals surface area contributed by atoms with Crippen LogP contribution in [0.3, 0.4) is 0 Å². The van der Waals surface area contributed by atoms with E-state index in [0.717, 1.165) is 5.39 Å². The Labute approximate surface area is 120 Å². The van der Waals surface area contributed by atoms with Gasteiger partial charge >= 0.3 is 5.97 Å². The van der Waals surface area contributed by atoms with Gasteiger partial charge in [-0.1, -0.05) is 12.1 Å². The molecular formula is C16H12N2O3. The van der Waals surface area contributed by atoms with E-state index < -0.39 is 5.97 Å². The maximum absolute atomic E-state index is 11.5. The molecule has 5 nitrogen and oxygen atoms in total. The average Bonchev–Trinajstić information content (AvgIpc) is 2.53. The molecule has 0 saturated carbocycles. The van der Waals surface area contributed by atoms with Crippen molar-refractivity contribution in [3.8, 4) is 17.0 Å². The van der Waals surface area contributed by atoms with Gasteiger partial charge in [0.2, 0.25) is 0 Å². The number of pyridine rings is 2. The number of aromatic nitrogens is 2. The summed E-state index contributed by atoms with van der Waals surface area (Å²) in [6, 6.07) is 10.5. The van der Waals surface area contributed by atoms with Crippen LogP contribution in [0.2, 0.25) is 0 Å². The van der Waals surface area contributed by atoms with Crippen molar-refractivity contribution >= 4 is 16.9 Å². The molecule has 0 bridgehead atoms. The highest BCUT2D eigenvalue weighted by atomic mass is 16.5. The van der Waals surface area contributed by atoms with Crippen molar-refractivity contribution in [2.45, 2.75) is 0 Å². The summed E-state index contributed by atoms with van der Waals surface area (Å²) in [7, 11) is 1.54. The maximum Gasteiger partial charge on any atom is 0.337 e. The summed E-state index contributed by atoms with van der Waals surface area (Å²) in [5, 5.41) is 10.2. The van der Waals surface area contributed by atoms with Crippen molar-refractivity contribution in [1.29, 1.82) is 0 Å². The number of rotatable bonds is 3. The van der Waals surface area contributed by atoms with Gasteiger partial charge in [0.1, 0.15) is 5.75 Å². The number of para-hydroxylation sites is 1. The fraction of sp³-hybridized carbons (Fsp3) is 0.0625. The molecule has 1 aromatic carbocycles. The fourth-order valence-corrected chi connectivity index (χ4v) is 2.23. The number of nitrogens with zero attached hydrogens (tertiary/aromatic N) is 2. The molecule has 0 spiro atoms. The highest BCUT2D eigenvalue weighted by molar-refractivity contribution is 5.99. The van der Waals surface area contributed by atoms with Crippen LogP contribution in [0.25, 0.3) is 22.2 Å². The molecule has 5 heteroatoms. The van der Waals surface area contributed by atoms with E-state index in [9.17, 15) is 9.90 Å². The van der Waals surface area contributed by atoms with Crippen LogP contribution in [0, 0.1) is 0 Å². The van der Waals surface area contributed by atoms with Crippen LogP contribution in [0.1, 0.15) is 10.4 Å². The molecule has 104 valence electrons. The SMILES string of the molecule is COc1ccccc1-c1nc2cnccc2cc1C(=O)O. The van der Waals surface area contributed by atoms with E-state index in [1.54, 1.807) is 43.8 Å². The van der Waals surface area contributed by atoms with E-state index >= 15 is 0 Å². The first kappa shape index (κ1) is 13.1. The second-order valence-electron chi connectivity index (χ2n) is 4.46. The zero-order valence-electron chi connectivity index (χ0n) is 11.3. The minimum absolute atomic E-state index is 0.137. The van der Waals surface area contributed by atoms with E-state index in [0.29, 0.717) is 22.5 Å². The lowest BCUT2D eigenvalue weighted by Crippen LogP contribution is -2.03. The molecule has 2 aromatic heterocycles. The first-order valence-corrected chi connectivity index (χ1v) is 6.32. The Bertz CT molecular complexity index is 831. The summed E-state index contributed by atoms with van der Waals surface area (Å²) in [6.45, 7) is 0. The first-order chi connectivity index (χ1) is 10.2. The Morgan fingerprint density at radius 2 is 2.05 bits per heavy atom. The van der Waals surface area contributed by atoms with Crippen molar-refractivity contribution in [3.63, 3.8) is 0 Å². The molecular weight excluding hydrogens is 268 g/mol. The lowest BCUT2D eigenvalue weighted by molar-refractivity contribution is 0.0697. The lowest BCUT2D eigenvalue weighted by Gasteiger charge is -2.11. The number of carboxylic acids is 1. The van der Waals surface area contributed by atoms with Gasteiger partial charge < -0.3 is 9.84 Å². The zero-order valence-corrected chi connectivity index (χ0v) is 11.3. The van der Waals surface area contributed by atoms with Gasteiger partial charge in [-0.15, -0.1) is 0 Å². The minimum atomic E-state index is -1.03. The van der Waals surface area contributed by atoms with Crippen LogP contribution < -0.4 is 4.74 Å². The molecule has 0 unspecified atom stereocenters. The molecule has 3 rings (SSSR count). The molecule has 0 aliphatic rings. The molecule has 0 atom stereocenters. The van der Waals surface area contributed by atoms with Gasteiger partial charge in [0.25, 0.3) is 0 Å². The lowest BCUT2D eigenvalue weighted by atomic mass is 10.0. The third kappa shape index (κ3) is 2.29. The molecule has 0 aliphatic carbocycles. The quantitative estimate of drug-likeness (QED) is 0.798. The average molecular weight is 280 g/mol. The molecule has 0 saturated heterocycles. The predicted octanol–water partition coefficient (Wildman–Crippen LogP) is 3.00. The first-order valence-electron chi connectivity index (χ1n) is 6.32. The van der Waals surface area contributed by atoms with Gasteiger partial charge in [-0.3, -0.25) is 4.98 Å². The van der Waals surface area contributed by atoms with Crippen LogP contribution >= 0.6 is 0 Å². The van der Waals surface area contributed by atoms with Crippen LogP contribution in [0.4, 0.5) is 0 Å². The Morgan fingerprint density at radius 1 is 1.24 bits per heavy atom. The van der Waals surface area contributed by atoms with Gasteiger partial charge in [0.05, 0.1) is 30.1 Å². The third-order valence-electron chi connectivity index (χ3n) is 3.21. The summed E-state index contributed by atoms with van der Waals surface area (Å²) in [6.07, 6.45) is 3.22. The highest BCUT2D eigenvalue weighted by Gasteiger charge is 2.17. The Hall–Kier alpha value is -2.95. The van der Waals surface area contributed by atoms with Crippen molar-refractivity contribution in [2.75, 3.05) is 7.11 Å². The summed E-state index contributed by atoms with van der Waals surface area (Å²) >= 11 is 0. The van der Waals surface area contributed by atoms with Crippen molar-refractivity contribution < 1.29 is 14.6 Å². The van der Waals surface area contributed by atoms with E-state index in [1.165, 1.54) is 0 Å². The smallest absolute Gasteiger partial charge is 0.337 e. The number of hydrogen-bond donors (Lipinski definition) is 1. The number of methoxy groups -OCH3 is 1. The van der Waals surface area contributed by atoms with E-state index in [4.69, 9.17) is 4.74 Å². The molecule has 0 amide bonds. The standard InChI is InChI=1S/C16H12N2O3/c1-21-14-5-3-2-4-11(14)15-12(16(19)20)8-10-6-7-17-9-13(10)18-15/h2-9H,1H3,(H,19,20). The fourth-order valence-electron chi connectivity index (χ4n) is 2.23. The van der Waals surface area contributed by atoms with E-state index in [1.807, 2.05) is 12.1 Å². The number of benzene rings is 1. The molecule has 0 aliphatic heterocycles. The van der Waals surface area contributed by atoms with Gasteiger partial charge in [0, 0.05) is 17.1 Å². The Balaban J connectivity index is 2.34. The van der Waals surface area contributed by atoms with Gasteiger partial charge in [-0.25, -0.2) is 9.78 Å². The van der Waals surface area contributed by atoms with Crippen LogP contribution in [0.15, 0.2) is 48.8 Å². The second-order valence-corrected chi connectivity index (χ2v) is 4.46. The van der Waals surface area contributed by atoms with E-state index in [-0.39, 0.29) is 5.56 Å². The summed E-state index contributed by atoms with van der Waals surface area (Å²) in [5.74, 6) is -0.446. The summed E-state index contributed by atoms with van der Waals surface area (Å²) in [4.78, 5) is 20.0. The maximum atomic E-state index is 11.5. The van der Waals surface area contributed by atoms with E-state index in [2.05, 4.69) is 9.97 Å². The van der Waals surface area contributed by atoms with Crippen molar-refractivity contribution in [2.24, 2.45) is 0 Å². The van der Waals surface area contributed by atoms with Crippen LogP contribution in [-0.4, -0.2) is 28.2 Å². The third-order valence-corrected chi connectivity index (χ3v) is 3.21. The minimum Gasteiger partial charge on any atom is -0.496 e. The van der Waals surface area contributed by atoms with Gasteiger partial charge in [-0.05, 0) is 24.3 Å². The number of carboxylic acid groups (broad SMARTS) is 1. The number of ether oxygens (including phenoxy) is 1. The topological polar surface area (TPSA) is 72.3 Å². The molecule has 2 heterocycles. The second kappa shape index (κ2) is 5.20. The number of fused-ring (bicyclic) bond motifs is 1. The van der Waals surface area contributed by atoms with Gasteiger partial charge in [0.15, 0.2) is 0 Å². The van der Waals surface area contributed by atoms with Crippen LogP contribution in [0.5, 0.6) is 5.75 Å². The molecule has 21 heavy (non-hydrogen) atoms. The van der Waals surface area contributed by atoms with Crippen molar-refractivity contribution in [3.05, 3.63) is 54.4 Å². The highest BCUT2D eigenvalue weighted by Crippen LogP contribution is 2.32. The zero-order chi connectivity index (χ0) is 14.8. The molecule has 3 aromatic rings. The number of carbonyl (C=O) groups is 1. The summed E-state index contributed by atoms with van der Waals surface area (Å²) < 4.78 is 5.30. The number of aromatic carboxylic acids is 1. The monoisotopic (exact) mass is 280 g/mol. The molecule has 0 radical (unpaired) electrons. The van der Waals surface area contributed by atoms with Crippen molar-refractivity contribution in [1.82, 2.24) is 9.97 Å². The Kier molecular flexibility index (Phi) is 3.23. The number of hydrogen-bond acceptors (Lipinski definition) is 4. The normalized spacial score (nSPS) is 10.5. The molecule has 1 N–H and O–H groups in total. The largest absolute Gasteiger partial charge is 0.496 e. The predicted molar refractivity (Wildman–Crippen MR) is 78.5 cm³/mol. The van der Waals surface area contributed by atoms with Gasteiger partial charge in [-0.2, -0.15) is 0 Å². The Morgan fingerprint density at radius 3 is 2.81 bits per heavy atom. The molecule has 0 fully saturated rings. The van der Waals surface area contributed by atoms with Crippen LogP contribution in [-0.2, 0) is 0 Å².